The third kappa shape index (κ3) is 4.63. The molecule has 1 aliphatic rings. The molecule has 5 rings (SSSR count). The van der Waals surface area contributed by atoms with Crippen molar-refractivity contribution in [3.8, 4) is 11.5 Å². The number of rotatable bonds is 8. The molecule has 1 aromatic heterocycles. The van der Waals surface area contributed by atoms with E-state index in [1.807, 2.05) is 62.4 Å². The Bertz CT molecular complexity index is 1530. The number of benzene rings is 3. The predicted molar refractivity (Wildman–Crippen MR) is 146 cm³/mol. The Hall–Kier alpha value is -4.52. The minimum Gasteiger partial charge on any atom is -0.507 e. The maximum Gasteiger partial charge on any atom is 0.295 e. The lowest BCUT2D eigenvalue weighted by Gasteiger charge is -2.25. The Morgan fingerprint density at radius 1 is 1.03 bits per heavy atom. The topological polar surface area (TPSA) is 91.9 Å². The van der Waals surface area contributed by atoms with Crippen molar-refractivity contribution in [3.05, 3.63) is 101 Å². The van der Waals surface area contributed by atoms with Crippen LogP contribution in [0.1, 0.15) is 36.6 Å². The van der Waals surface area contributed by atoms with Crippen molar-refractivity contribution in [1.29, 1.82) is 0 Å². The molecule has 0 spiro atoms. The molecule has 1 amide bonds. The van der Waals surface area contributed by atoms with E-state index < -0.39 is 17.7 Å². The minimum absolute atomic E-state index is 0.0376. The first-order valence-electron chi connectivity index (χ1n) is 12.6. The van der Waals surface area contributed by atoms with Crippen molar-refractivity contribution in [2.45, 2.75) is 26.4 Å². The number of Topliss-reactive ketones (excluding diaryl/α,β-unsaturated/α-hetero) is 1. The predicted octanol–water partition coefficient (Wildman–Crippen LogP) is 5.83. The first kappa shape index (κ1) is 25.1. The van der Waals surface area contributed by atoms with Gasteiger partial charge in [-0.05, 0) is 30.2 Å². The third-order valence-electron chi connectivity index (χ3n) is 6.68. The molecular formula is C31H30N2O5. The van der Waals surface area contributed by atoms with E-state index in [4.69, 9.17) is 9.47 Å². The highest BCUT2D eigenvalue weighted by atomic mass is 16.5. The highest BCUT2D eigenvalue weighted by molar-refractivity contribution is 6.46. The van der Waals surface area contributed by atoms with Crippen molar-refractivity contribution < 1.29 is 24.2 Å². The van der Waals surface area contributed by atoms with Gasteiger partial charge in [0.1, 0.15) is 17.3 Å². The number of amides is 1. The third-order valence-corrected chi connectivity index (χ3v) is 6.68. The van der Waals surface area contributed by atoms with Crippen molar-refractivity contribution in [2.24, 2.45) is 5.92 Å². The summed E-state index contributed by atoms with van der Waals surface area (Å²) in [5.41, 5.74) is 2.80. The fraction of sp³-hybridized carbons (Fsp3) is 0.226. The molecule has 7 heteroatoms. The Labute approximate surface area is 221 Å². The normalized spacial score (nSPS) is 16.9. The molecule has 1 unspecified atom stereocenters. The molecule has 0 aliphatic carbocycles. The van der Waals surface area contributed by atoms with Gasteiger partial charge in [-0.25, -0.2) is 0 Å². The van der Waals surface area contributed by atoms with Gasteiger partial charge in [0.15, 0.2) is 0 Å². The molecule has 0 bridgehead atoms. The second kappa shape index (κ2) is 10.5. The molecule has 4 aromatic rings. The number of aliphatic hydroxyl groups is 1. The average molecular weight is 511 g/mol. The zero-order chi connectivity index (χ0) is 26.8. The molecule has 38 heavy (non-hydrogen) atoms. The largest absolute Gasteiger partial charge is 0.507 e. The maximum absolute atomic E-state index is 13.5. The van der Waals surface area contributed by atoms with E-state index >= 15 is 0 Å². The summed E-state index contributed by atoms with van der Waals surface area (Å²) >= 11 is 0. The van der Waals surface area contributed by atoms with Crippen LogP contribution >= 0.6 is 0 Å². The lowest BCUT2D eigenvalue weighted by Crippen LogP contribution is -2.29. The van der Waals surface area contributed by atoms with Crippen LogP contribution in [0.5, 0.6) is 11.5 Å². The Morgan fingerprint density at radius 3 is 2.58 bits per heavy atom. The number of nitrogens with one attached hydrogen (secondary N) is 1. The lowest BCUT2D eigenvalue weighted by molar-refractivity contribution is -0.140. The van der Waals surface area contributed by atoms with Crippen molar-refractivity contribution in [3.63, 3.8) is 0 Å². The number of hydrogen-bond acceptors (Lipinski definition) is 5. The summed E-state index contributed by atoms with van der Waals surface area (Å²) in [6.45, 7) is 4.75. The van der Waals surface area contributed by atoms with Crippen LogP contribution in [0.4, 0.5) is 0 Å². The Morgan fingerprint density at radius 2 is 1.79 bits per heavy atom. The van der Waals surface area contributed by atoms with E-state index in [-0.39, 0.29) is 17.9 Å². The van der Waals surface area contributed by atoms with Gasteiger partial charge in [0, 0.05) is 33.8 Å². The second-order valence-corrected chi connectivity index (χ2v) is 9.76. The standard InChI is InChI=1S/C31H30N2O5/c1-19(2)18-38-22-11-8-10-20(15-22)29(34)27-28(24-16-32-25-13-6-5-12-23(24)25)33(31(36)30(27)35)17-21-9-4-7-14-26(21)37-3/h4-16,19,28,32,34H,17-18H2,1-3H3/b29-27+. The van der Waals surface area contributed by atoms with Gasteiger partial charge in [-0.3, -0.25) is 9.59 Å². The number of aliphatic hydroxyl groups excluding tert-OH is 1. The van der Waals surface area contributed by atoms with E-state index in [2.05, 4.69) is 4.98 Å². The number of para-hydroxylation sites is 2. The number of ketones is 1. The van der Waals surface area contributed by atoms with E-state index in [9.17, 15) is 14.7 Å². The number of carbonyl (C=O) groups is 2. The highest BCUT2D eigenvalue weighted by Crippen LogP contribution is 2.43. The zero-order valence-corrected chi connectivity index (χ0v) is 21.6. The maximum atomic E-state index is 13.5. The molecule has 0 saturated carbocycles. The number of carbonyl (C=O) groups excluding carboxylic acids is 2. The molecular weight excluding hydrogens is 480 g/mol. The molecule has 1 atom stereocenters. The number of hydrogen-bond donors (Lipinski definition) is 2. The number of aromatic nitrogens is 1. The van der Waals surface area contributed by atoms with Gasteiger partial charge < -0.3 is 24.5 Å². The molecule has 2 N–H and O–H groups in total. The van der Waals surface area contributed by atoms with E-state index in [0.717, 1.165) is 22.0 Å². The quantitative estimate of drug-likeness (QED) is 0.177. The van der Waals surface area contributed by atoms with Gasteiger partial charge in [-0.2, -0.15) is 0 Å². The molecule has 1 fully saturated rings. The van der Waals surface area contributed by atoms with Crippen molar-refractivity contribution in [1.82, 2.24) is 9.88 Å². The second-order valence-electron chi connectivity index (χ2n) is 9.76. The number of methoxy groups -OCH3 is 1. The molecule has 7 nitrogen and oxygen atoms in total. The van der Waals surface area contributed by atoms with Gasteiger partial charge in [-0.15, -0.1) is 0 Å². The van der Waals surface area contributed by atoms with Crippen LogP contribution in [0.3, 0.4) is 0 Å². The molecule has 194 valence electrons. The number of aromatic amines is 1. The smallest absolute Gasteiger partial charge is 0.295 e. The summed E-state index contributed by atoms with van der Waals surface area (Å²) in [6, 6.07) is 21.2. The van der Waals surface area contributed by atoms with E-state index in [1.54, 1.807) is 37.6 Å². The van der Waals surface area contributed by atoms with E-state index in [1.165, 1.54) is 4.90 Å². The average Bonchev–Trinajstić information content (AvgIpc) is 3.46. The summed E-state index contributed by atoms with van der Waals surface area (Å²) in [5, 5.41) is 12.4. The van der Waals surface area contributed by atoms with Crippen LogP contribution in [0.15, 0.2) is 84.6 Å². The molecule has 2 heterocycles. The summed E-state index contributed by atoms with van der Waals surface area (Å²) in [5.74, 6) is -0.136. The van der Waals surface area contributed by atoms with Gasteiger partial charge in [-0.1, -0.05) is 62.4 Å². The zero-order valence-electron chi connectivity index (χ0n) is 21.6. The van der Waals surface area contributed by atoms with Crippen LogP contribution in [0.2, 0.25) is 0 Å². The summed E-state index contributed by atoms with van der Waals surface area (Å²) in [6.07, 6.45) is 1.80. The Kier molecular flexibility index (Phi) is 6.92. The summed E-state index contributed by atoms with van der Waals surface area (Å²) < 4.78 is 11.3. The first-order valence-corrected chi connectivity index (χ1v) is 12.6. The van der Waals surface area contributed by atoms with Gasteiger partial charge >= 0.3 is 0 Å². The number of fused-ring (bicyclic) bond motifs is 1. The lowest BCUT2D eigenvalue weighted by atomic mass is 9.94. The number of nitrogens with zero attached hydrogens (tertiary/aromatic N) is 1. The monoisotopic (exact) mass is 510 g/mol. The summed E-state index contributed by atoms with van der Waals surface area (Å²) in [7, 11) is 1.57. The van der Waals surface area contributed by atoms with Gasteiger partial charge in [0.05, 0.1) is 31.9 Å². The van der Waals surface area contributed by atoms with E-state index in [0.29, 0.717) is 29.6 Å². The number of H-pyrrole nitrogens is 1. The SMILES string of the molecule is COc1ccccc1CN1C(=O)C(=O)/C(=C(/O)c2cccc(OCC(C)C)c2)C1c1c[nH]c2ccccc12. The van der Waals surface area contributed by atoms with Crippen LogP contribution in [0, 0.1) is 5.92 Å². The first-order chi connectivity index (χ1) is 18.4. The van der Waals surface area contributed by atoms with Crippen LogP contribution < -0.4 is 9.47 Å². The molecule has 1 aliphatic heterocycles. The number of ether oxygens (including phenoxy) is 2. The highest BCUT2D eigenvalue weighted by Gasteiger charge is 2.47. The minimum atomic E-state index is -0.809. The summed E-state index contributed by atoms with van der Waals surface area (Å²) in [4.78, 5) is 31.8. The van der Waals surface area contributed by atoms with Crippen LogP contribution in [-0.4, -0.2) is 40.4 Å². The fourth-order valence-electron chi connectivity index (χ4n) is 4.86. The van der Waals surface area contributed by atoms with Crippen molar-refractivity contribution in [2.75, 3.05) is 13.7 Å². The molecule has 1 saturated heterocycles. The molecule has 0 radical (unpaired) electrons. The van der Waals surface area contributed by atoms with Gasteiger partial charge in [0.2, 0.25) is 0 Å². The molecule has 3 aromatic carbocycles. The van der Waals surface area contributed by atoms with Crippen LogP contribution in [0.25, 0.3) is 16.7 Å². The van der Waals surface area contributed by atoms with Gasteiger partial charge in [0.25, 0.3) is 11.7 Å². The Balaban J connectivity index is 1.65. The fourth-order valence-corrected chi connectivity index (χ4v) is 4.86. The van der Waals surface area contributed by atoms with Crippen LogP contribution in [-0.2, 0) is 16.1 Å². The number of likely N-dealkylation sites (tertiary alicyclic amines) is 1. The van der Waals surface area contributed by atoms with Crippen molar-refractivity contribution >= 4 is 28.4 Å².